The molecule has 0 radical (unpaired) electrons. The van der Waals surface area contributed by atoms with Gasteiger partial charge in [-0.25, -0.2) is 0 Å². The maximum absolute atomic E-state index is 2.21. The third kappa shape index (κ3) is 30.4. The third-order valence-electron chi connectivity index (χ3n) is 0.707. The Bertz CT molecular complexity index is 11.9. The molecule has 48 valence electrons. The summed E-state index contributed by atoms with van der Waals surface area (Å²) in [6.07, 6.45) is 4.08. The van der Waals surface area contributed by atoms with Gasteiger partial charge < -0.3 is 14.9 Å². The normalized spacial score (nSPS) is 5.25. The average Bonchev–Trinajstić information content (AvgIpc) is 1.41. The summed E-state index contributed by atoms with van der Waals surface area (Å²) in [5.41, 5.74) is 0. The van der Waals surface area contributed by atoms with E-state index in [1.807, 2.05) is 0 Å². The van der Waals surface area contributed by atoms with E-state index >= 15 is 0 Å². The number of unbranched alkanes of at least 4 members (excludes halogenated alkanes) is 2. The van der Waals surface area contributed by atoms with Gasteiger partial charge in [-0.3, -0.25) is 0 Å². The van der Waals surface area contributed by atoms with Crippen LogP contribution in [0, 0.1) is 14.9 Å². The van der Waals surface area contributed by atoms with Crippen LogP contribution in [0.25, 0.3) is 0 Å². The van der Waals surface area contributed by atoms with Crippen molar-refractivity contribution in [2.24, 2.45) is 0 Å². The Kier molecular flexibility index (Phi) is 74.7. The van der Waals surface area contributed by atoms with Gasteiger partial charge in [0.2, 0.25) is 0 Å². The fourth-order valence-electron chi connectivity index (χ4n) is 0.354. The minimum Gasteiger partial charge on any atom is -0.358 e. The first-order chi connectivity index (χ1) is 2.41. The topological polar surface area (TPSA) is 0 Å². The van der Waals surface area contributed by atoms with Crippen LogP contribution in [0.3, 0.4) is 0 Å². The van der Waals surface area contributed by atoms with Gasteiger partial charge in [0.1, 0.15) is 0 Å². The Morgan fingerprint density at radius 3 is 1.12 bits per heavy atom. The molecule has 0 heterocycles. The van der Waals surface area contributed by atoms with E-state index < -0.39 is 0 Å². The second kappa shape index (κ2) is 25.5. The van der Waals surface area contributed by atoms with Gasteiger partial charge in [0, 0.05) is 0 Å². The van der Waals surface area contributed by atoms with Gasteiger partial charge in [0.25, 0.3) is 0 Å². The minimum atomic E-state index is 0. The Morgan fingerprint density at radius 2 is 1.12 bits per heavy atom. The molecule has 1 heteroatoms. The SMILES string of the molecule is CCCCC.[CH3-].[CH3-].[Zn+2]. The van der Waals surface area contributed by atoms with Crippen molar-refractivity contribution in [1.29, 1.82) is 0 Å². The van der Waals surface area contributed by atoms with Crippen LogP contribution in [-0.4, -0.2) is 0 Å². The molecule has 0 aromatic rings. The molecule has 0 unspecified atom stereocenters. The molecule has 0 rings (SSSR count). The molecule has 0 aromatic heterocycles. The third-order valence-corrected chi connectivity index (χ3v) is 0.707. The van der Waals surface area contributed by atoms with Gasteiger partial charge >= 0.3 is 19.5 Å². The van der Waals surface area contributed by atoms with Crippen molar-refractivity contribution in [3.8, 4) is 0 Å². The molecule has 0 N–H and O–H groups in total. The van der Waals surface area contributed by atoms with E-state index in [0.29, 0.717) is 0 Å². The van der Waals surface area contributed by atoms with E-state index in [-0.39, 0.29) is 34.3 Å². The molecule has 0 aliphatic rings. The fourth-order valence-corrected chi connectivity index (χ4v) is 0.354. The molecule has 0 aliphatic carbocycles. The molecule has 0 fully saturated rings. The van der Waals surface area contributed by atoms with Gasteiger partial charge in [-0.15, -0.1) is 0 Å². The van der Waals surface area contributed by atoms with Crippen LogP contribution in [0.2, 0.25) is 0 Å². The van der Waals surface area contributed by atoms with Crippen LogP contribution < -0.4 is 0 Å². The zero-order chi connectivity index (χ0) is 4.12. The Labute approximate surface area is 67.8 Å². The molecule has 0 bridgehead atoms. The predicted molar refractivity (Wildman–Crippen MR) is 38.0 cm³/mol. The molecule has 0 aromatic carbocycles. The van der Waals surface area contributed by atoms with Crippen molar-refractivity contribution in [2.45, 2.75) is 33.1 Å². The summed E-state index contributed by atoms with van der Waals surface area (Å²) in [6, 6.07) is 0. The zero-order valence-electron chi connectivity index (χ0n) is 6.83. The van der Waals surface area contributed by atoms with E-state index in [4.69, 9.17) is 0 Å². The first-order valence-corrected chi connectivity index (χ1v) is 2.41. The van der Waals surface area contributed by atoms with E-state index in [2.05, 4.69) is 13.8 Å². The maximum atomic E-state index is 2.21. The van der Waals surface area contributed by atoms with Gasteiger partial charge in [-0.2, -0.15) is 0 Å². The minimum absolute atomic E-state index is 0. The van der Waals surface area contributed by atoms with Crippen LogP contribution in [0.15, 0.2) is 0 Å². The van der Waals surface area contributed by atoms with Gasteiger partial charge in [-0.1, -0.05) is 33.1 Å². The summed E-state index contributed by atoms with van der Waals surface area (Å²) < 4.78 is 0. The quantitative estimate of drug-likeness (QED) is 0.438. The first-order valence-electron chi connectivity index (χ1n) is 2.41. The molecule has 0 spiro atoms. The van der Waals surface area contributed by atoms with Crippen molar-refractivity contribution >= 4 is 0 Å². The summed E-state index contributed by atoms with van der Waals surface area (Å²) in [4.78, 5) is 0. The number of hydrogen-bond donors (Lipinski definition) is 0. The van der Waals surface area contributed by atoms with Gasteiger partial charge in [0.05, 0.1) is 0 Å². The summed E-state index contributed by atoms with van der Waals surface area (Å²) >= 11 is 0. The van der Waals surface area contributed by atoms with E-state index in [1.165, 1.54) is 19.3 Å². The zero-order valence-corrected chi connectivity index (χ0v) is 9.80. The molecular formula is C7H18Zn. The van der Waals surface area contributed by atoms with Crippen molar-refractivity contribution in [3.05, 3.63) is 14.9 Å². The molecule has 0 aliphatic heterocycles. The van der Waals surface area contributed by atoms with Crippen LogP contribution in [-0.2, 0) is 19.5 Å². The molecule has 0 atom stereocenters. The summed E-state index contributed by atoms with van der Waals surface area (Å²) in [6.45, 7) is 4.42. The first kappa shape index (κ1) is 23.4. The van der Waals surface area contributed by atoms with Crippen LogP contribution >= 0.6 is 0 Å². The summed E-state index contributed by atoms with van der Waals surface area (Å²) in [7, 11) is 0. The van der Waals surface area contributed by atoms with Gasteiger partial charge in [-0.05, 0) is 0 Å². The smallest absolute Gasteiger partial charge is 0.358 e. The Balaban J connectivity index is -0.0000000267. The monoisotopic (exact) mass is 166 g/mol. The molecule has 0 saturated carbocycles. The van der Waals surface area contributed by atoms with Crippen molar-refractivity contribution in [2.75, 3.05) is 0 Å². The standard InChI is InChI=1S/C5H12.2CH3.Zn/c1-3-5-4-2;;;/h3-5H2,1-2H3;2*1H3;/q;2*-1;+2. The largest absolute Gasteiger partial charge is 2.00 e. The molecule has 0 nitrogen and oxygen atoms in total. The average molecular weight is 168 g/mol. The van der Waals surface area contributed by atoms with E-state index in [9.17, 15) is 0 Å². The summed E-state index contributed by atoms with van der Waals surface area (Å²) in [5, 5.41) is 0. The molecular weight excluding hydrogens is 149 g/mol. The number of rotatable bonds is 2. The summed E-state index contributed by atoms with van der Waals surface area (Å²) in [5.74, 6) is 0. The predicted octanol–water partition coefficient (Wildman–Crippen LogP) is 3.09. The van der Waals surface area contributed by atoms with Crippen molar-refractivity contribution < 1.29 is 19.5 Å². The molecule has 8 heavy (non-hydrogen) atoms. The fraction of sp³-hybridized carbons (Fsp3) is 0.714. The molecule has 0 saturated heterocycles. The Morgan fingerprint density at radius 1 is 0.875 bits per heavy atom. The van der Waals surface area contributed by atoms with Crippen LogP contribution in [0.4, 0.5) is 0 Å². The maximum Gasteiger partial charge on any atom is 2.00 e. The Hall–Kier alpha value is 0.623. The second-order valence-electron chi connectivity index (χ2n) is 1.35. The van der Waals surface area contributed by atoms with Gasteiger partial charge in [0.15, 0.2) is 0 Å². The number of hydrogen-bond acceptors (Lipinski definition) is 0. The van der Waals surface area contributed by atoms with E-state index in [1.54, 1.807) is 0 Å². The van der Waals surface area contributed by atoms with E-state index in [0.717, 1.165) is 0 Å². The van der Waals surface area contributed by atoms with Crippen molar-refractivity contribution in [3.63, 3.8) is 0 Å². The van der Waals surface area contributed by atoms with Crippen LogP contribution in [0.5, 0.6) is 0 Å². The molecule has 0 amide bonds. The van der Waals surface area contributed by atoms with Crippen molar-refractivity contribution in [1.82, 2.24) is 0 Å². The van der Waals surface area contributed by atoms with Crippen LogP contribution in [0.1, 0.15) is 33.1 Å². The second-order valence-corrected chi connectivity index (χ2v) is 1.35.